The van der Waals surface area contributed by atoms with Crippen molar-refractivity contribution in [3.8, 4) is 0 Å². The summed E-state index contributed by atoms with van der Waals surface area (Å²) in [5, 5.41) is 6.98. The molecular weight excluding hydrogens is 322 g/mol. The molecule has 20 heavy (non-hydrogen) atoms. The Hall–Kier alpha value is -1.95. The van der Waals surface area contributed by atoms with Gasteiger partial charge in [-0.15, -0.1) is 0 Å². The van der Waals surface area contributed by atoms with Crippen LogP contribution in [-0.2, 0) is 4.79 Å². The summed E-state index contributed by atoms with van der Waals surface area (Å²) in [7, 11) is 0. The first-order valence-electron chi connectivity index (χ1n) is 6.16. The highest BCUT2D eigenvalue weighted by atomic mass is 79.9. The molecule has 2 aromatic rings. The molecule has 0 aliphatic carbocycles. The lowest BCUT2D eigenvalue weighted by molar-refractivity contribution is -0.117. The molecule has 0 saturated heterocycles. The second kappa shape index (κ2) is 4.56. The number of aryl methyl sites for hydroxylation is 1. The molecule has 0 saturated carbocycles. The van der Waals surface area contributed by atoms with Crippen LogP contribution in [0.1, 0.15) is 27.5 Å². The van der Waals surface area contributed by atoms with E-state index in [2.05, 4.69) is 26.3 Å². The van der Waals surface area contributed by atoms with Gasteiger partial charge in [0.2, 0.25) is 5.91 Å². The number of carbonyl (C=O) groups excluding carboxylic acids is 2. The van der Waals surface area contributed by atoms with Crippen molar-refractivity contribution in [2.45, 2.75) is 19.8 Å². The maximum absolute atomic E-state index is 12.6. The topological polar surface area (TPSA) is 64.0 Å². The van der Waals surface area contributed by atoms with Gasteiger partial charge in [-0.3, -0.25) is 9.59 Å². The molecule has 0 spiro atoms. The third kappa shape index (κ3) is 1.79. The molecule has 1 atom stereocenters. The third-order valence-electron chi connectivity index (χ3n) is 3.54. The number of amides is 1. The number of rotatable bonds is 1. The van der Waals surface area contributed by atoms with Crippen LogP contribution in [0.5, 0.6) is 0 Å². The van der Waals surface area contributed by atoms with Crippen LogP contribution in [0.3, 0.4) is 0 Å². The van der Waals surface area contributed by atoms with Crippen LogP contribution in [0.15, 0.2) is 28.7 Å². The first-order chi connectivity index (χ1) is 9.50. The molecule has 5 nitrogen and oxygen atoms in total. The molecule has 1 amide bonds. The number of halogens is 1. The van der Waals surface area contributed by atoms with E-state index in [1.807, 2.05) is 26.0 Å². The predicted octanol–water partition coefficient (Wildman–Crippen LogP) is 2.64. The van der Waals surface area contributed by atoms with Crippen LogP contribution in [0.4, 0.5) is 5.82 Å². The lowest BCUT2D eigenvalue weighted by Gasteiger charge is -2.23. The van der Waals surface area contributed by atoms with E-state index in [1.54, 1.807) is 12.1 Å². The molecule has 1 unspecified atom stereocenters. The van der Waals surface area contributed by atoms with E-state index in [0.717, 1.165) is 15.7 Å². The summed E-state index contributed by atoms with van der Waals surface area (Å²) < 4.78 is 2.02. The highest BCUT2D eigenvalue weighted by Gasteiger charge is 2.38. The number of fused-ring (bicyclic) bond motifs is 1. The minimum Gasteiger partial charge on any atom is -0.309 e. The maximum Gasteiger partial charge on any atom is 0.265 e. The summed E-state index contributed by atoms with van der Waals surface area (Å²) in [6.07, 6.45) is 0. The maximum atomic E-state index is 12.6. The summed E-state index contributed by atoms with van der Waals surface area (Å²) in [5.41, 5.74) is 2.20. The Morgan fingerprint density at radius 3 is 2.65 bits per heavy atom. The van der Waals surface area contributed by atoms with Crippen LogP contribution in [0, 0.1) is 13.8 Å². The number of benzene rings is 1. The van der Waals surface area contributed by atoms with Gasteiger partial charge in [0, 0.05) is 10.0 Å². The second-order valence-corrected chi connectivity index (χ2v) is 5.61. The molecule has 1 aliphatic heterocycles. The van der Waals surface area contributed by atoms with Crippen LogP contribution in [-0.4, -0.2) is 21.6 Å². The van der Waals surface area contributed by atoms with Crippen LogP contribution < -0.4 is 5.32 Å². The lowest BCUT2D eigenvalue weighted by atomic mass is 9.96. The Labute approximate surface area is 124 Å². The molecule has 3 rings (SSSR count). The van der Waals surface area contributed by atoms with E-state index in [-0.39, 0.29) is 11.8 Å². The number of aromatic nitrogens is 2. The zero-order valence-corrected chi connectivity index (χ0v) is 12.6. The van der Waals surface area contributed by atoms with Gasteiger partial charge in [-0.25, -0.2) is 0 Å². The van der Waals surface area contributed by atoms with E-state index in [1.165, 1.54) is 4.68 Å². The first kappa shape index (κ1) is 13.1. The van der Waals surface area contributed by atoms with Gasteiger partial charge in [-0.2, -0.15) is 9.78 Å². The zero-order chi connectivity index (χ0) is 14.4. The molecule has 102 valence electrons. The number of nitrogens with zero attached hydrogens (tertiary/aromatic N) is 2. The highest BCUT2D eigenvalue weighted by Crippen LogP contribution is 2.32. The summed E-state index contributed by atoms with van der Waals surface area (Å²) in [5.74, 6) is -1.05. The Morgan fingerprint density at radius 2 is 1.95 bits per heavy atom. The summed E-state index contributed by atoms with van der Waals surface area (Å²) in [6, 6.07) is 7.22. The van der Waals surface area contributed by atoms with Crippen molar-refractivity contribution >= 4 is 33.6 Å². The van der Waals surface area contributed by atoms with E-state index < -0.39 is 5.92 Å². The van der Waals surface area contributed by atoms with Crippen molar-refractivity contribution in [3.05, 3.63) is 45.6 Å². The van der Waals surface area contributed by atoms with Crippen LogP contribution in [0.2, 0.25) is 0 Å². The third-order valence-corrected chi connectivity index (χ3v) is 4.26. The van der Waals surface area contributed by atoms with Crippen LogP contribution >= 0.6 is 15.9 Å². The molecule has 0 radical (unpaired) electrons. The van der Waals surface area contributed by atoms with Crippen LogP contribution in [0.25, 0.3) is 0 Å². The van der Waals surface area contributed by atoms with E-state index in [9.17, 15) is 9.59 Å². The summed E-state index contributed by atoms with van der Waals surface area (Å²) in [4.78, 5) is 24.9. The number of hydrogen-bond acceptors (Lipinski definition) is 3. The number of hydrogen-bond donors (Lipinski definition) is 1. The van der Waals surface area contributed by atoms with Gasteiger partial charge < -0.3 is 5.32 Å². The van der Waals surface area contributed by atoms with Crippen molar-refractivity contribution in [3.63, 3.8) is 0 Å². The fourth-order valence-electron chi connectivity index (χ4n) is 2.32. The minimum atomic E-state index is -0.878. The van der Waals surface area contributed by atoms with Crippen molar-refractivity contribution in [1.82, 2.24) is 9.78 Å². The fraction of sp³-hybridized carbons (Fsp3) is 0.214. The Balaban J connectivity index is 2.14. The molecule has 1 aromatic carbocycles. The monoisotopic (exact) mass is 333 g/mol. The molecule has 6 heteroatoms. The number of anilines is 1. The van der Waals surface area contributed by atoms with Crippen molar-refractivity contribution < 1.29 is 9.59 Å². The zero-order valence-electron chi connectivity index (χ0n) is 11.0. The minimum absolute atomic E-state index is 0.322. The highest BCUT2D eigenvalue weighted by molar-refractivity contribution is 9.10. The number of carbonyl (C=O) groups is 2. The quantitative estimate of drug-likeness (QED) is 0.816. The normalized spacial score (nSPS) is 17.9. The standard InChI is InChI=1S/C14H12BrN3O2/c1-7-8(2)17-18-12(7)16-13(19)11(14(18)20)9-5-3-4-6-10(9)15/h3-6,11H,1-2H3,(H,16,19). The van der Waals surface area contributed by atoms with E-state index in [4.69, 9.17) is 0 Å². The molecule has 0 fully saturated rings. The molecule has 1 aromatic heterocycles. The van der Waals surface area contributed by atoms with Crippen molar-refractivity contribution in [2.75, 3.05) is 5.32 Å². The first-order valence-corrected chi connectivity index (χ1v) is 6.95. The van der Waals surface area contributed by atoms with Gasteiger partial charge in [0.25, 0.3) is 5.91 Å². The number of nitrogens with one attached hydrogen (secondary N) is 1. The SMILES string of the molecule is Cc1nn2c(c1C)NC(=O)C(c1ccccc1Br)C2=O. The smallest absolute Gasteiger partial charge is 0.265 e. The van der Waals surface area contributed by atoms with Gasteiger partial charge in [0.1, 0.15) is 11.7 Å². The second-order valence-electron chi connectivity index (χ2n) is 4.75. The van der Waals surface area contributed by atoms with Gasteiger partial charge in [0.05, 0.1) is 5.69 Å². The Morgan fingerprint density at radius 1 is 1.25 bits per heavy atom. The molecular formula is C14H12BrN3O2. The Bertz CT molecular complexity index is 736. The molecule has 1 N–H and O–H groups in total. The average molecular weight is 334 g/mol. The van der Waals surface area contributed by atoms with E-state index >= 15 is 0 Å². The Kier molecular flexibility index (Phi) is 2.97. The van der Waals surface area contributed by atoms with Crippen molar-refractivity contribution in [2.24, 2.45) is 0 Å². The van der Waals surface area contributed by atoms with Gasteiger partial charge >= 0.3 is 0 Å². The van der Waals surface area contributed by atoms with Gasteiger partial charge in [-0.1, -0.05) is 34.1 Å². The molecule has 2 heterocycles. The lowest BCUT2D eigenvalue weighted by Crippen LogP contribution is -2.38. The van der Waals surface area contributed by atoms with Crippen molar-refractivity contribution in [1.29, 1.82) is 0 Å². The largest absolute Gasteiger partial charge is 0.309 e. The molecule has 0 bridgehead atoms. The molecule has 1 aliphatic rings. The predicted molar refractivity (Wildman–Crippen MR) is 77.8 cm³/mol. The van der Waals surface area contributed by atoms with Gasteiger partial charge in [-0.05, 0) is 25.5 Å². The summed E-state index contributed by atoms with van der Waals surface area (Å²) >= 11 is 3.38. The fourth-order valence-corrected chi connectivity index (χ4v) is 2.83. The summed E-state index contributed by atoms with van der Waals surface area (Å²) in [6.45, 7) is 3.65. The van der Waals surface area contributed by atoms with Gasteiger partial charge in [0.15, 0.2) is 0 Å². The average Bonchev–Trinajstić information content (AvgIpc) is 2.69. The van der Waals surface area contributed by atoms with E-state index in [0.29, 0.717) is 11.4 Å².